The van der Waals surface area contributed by atoms with E-state index in [0.29, 0.717) is 12.1 Å². The van der Waals surface area contributed by atoms with Gasteiger partial charge in [0.15, 0.2) is 0 Å². The largest absolute Gasteiger partial charge is 0.329 e. The molecular weight excluding hydrogens is 240 g/mol. The first-order chi connectivity index (χ1) is 8.61. The van der Waals surface area contributed by atoms with Crippen molar-refractivity contribution in [3.8, 4) is 0 Å². The van der Waals surface area contributed by atoms with E-state index in [-0.39, 0.29) is 0 Å². The molecule has 0 radical (unpaired) electrons. The number of thiophene rings is 1. The van der Waals surface area contributed by atoms with E-state index < -0.39 is 0 Å². The summed E-state index contributed by atoms with van der Waals surface area (Å²) in [6.07, 6.45) is 5.44. The zero-order valence-electron chi connectivity index (χ0n) is 11.9. The summed E-state index contributed by atoms with van der Waals surface area (Å²) in [6.45, 7) is 5.28. The van der Waals surface area contributed by atoms with E-state index in [0.717, 1.165) is 12.5 Å². The van der Waals surface area contributed by atoms with E-state index in [1.165, 1.54) is 35.4 Å². The molecule has 3 atom stereocenters. The summed E-state index contributed by atoms with van der Waals surface area (Å²) in [6, 6.07) is 5.57. The van der Waals surface area contributed by atoms with E-state index >= 15 is 0 Å². The van der Waals surface area contributed by atoms with Crippen LogP contribution in [0.2, 0.25) is 0 Å². The van der Waals surface area contributed by atoms with E-state index in [1.54, 1.807) is 0 Å². The molecule has 2 N–H and O–H groups in total. The van der Waals surface area contributed by atoms with Gasteiger partial charge in [-0.3, -0.25) is 4.90 Å². The Morgan fingerprint density at radius 1 is 1.44 bits per heavy atom. The van der Waals surface area contributed by atoms with Crippen LogP contribution in [-0.4, -0.2) is 24.5 Å². The van der Waals surface area contributed by atoms with E-state index in [4.69, 9.17) is 5.73 Å². The Morgan fingerprint density at radius 2 is 2.22 bits per heavy atom. The van der Waals surface area contributed by atoms with Crippen molar-refractivity contribution in [2.24, 2.45) is 11.7 Å². The van der Waals surface area contributed by atoms with E-state index in [2.05, 4.69) is 37.9 Å². The van der Waals surface area contributed by atoms with Gasteiger partial charge in [-0.1, -0.05) is 19.8 Å². The number of hydrogen-bond acceptors (Lipinski definition) is 3. The molecule has 0 aliphatic heterocycles. The lowest BCUT2D eigenvalue weighted by atomic mass is 9.86. The van der Waals surface area contributed by atoms with Crippen molar-refractivity contribution < 1.29 is 0 Å². The highest BCUT2D eigenvalue weighted by Gasteiger charge is 2.27. The lowest BCUT2D eigenvalue weighted by Gasteiger charge is -2.38. The average Bonchev–Trinajstić information content (AvgIpc) is 2.76. The minimum atomic E-state index is 0.402. The molecule has 1 aromatic rings. The molecule has 18 heavy (non-hydrogen) atoms. The normalized spacial score (nSPS) is 26.5. The molecule has 1 aliphatic rings. The maximum absolute atomic E-state index is 6.02. The summed E-state index contributed by atoms with van der Waals surface area (Å²) in [5.74, 6) is 0.870. The average molecular weight is 266 g/mol. The van der Waals surface area contributed by atoms with Gasteiger partial charge in [-0.25, -0.2) is 0 Å². The highest BCUT2D eigenvalue weighted by atomic mass is 32.1. The van der Waals surface area contributed by atoms with Crippen molar-refractivity contribution >= 4 is 11.3 Å². The highest BCUT2D eigenvalue weighted by molar-refractivity contribution is 7.12. The fourth-order valence-electron chi connectivity index (χ4n) is 3.14. The molecule has 2 nitrogen and oxygen atoms in total. The molecule has 1 saturated carbocycles. The quantitative estimate of drug-likeness (QED) is 0.903. The molecule has 2 rings (SSSR count). The van der Waals surface area contributed by atoms with Gasteiger partial charge in [-0.05, 0) is 44.9 Å². The summed E-state index contributed by atoms with van der Waals surface area (Å²) < 4.78 is 0. The van der Waals surface area contributed by atoms with E-state index in [1.807, 2.05) is 11.3 Å². The topological polar surface area (TPSA) is 29.3 Å². The van der Waals surface area contributed by atoms with Gasteiger partial charge in [0.05, 0.1) is 6.04 Å². The minimum absolute atomic E-state index is 0.402. The molecule has 102 valence electrons. The van der Waals surface area contributed by atoms with E-state index in [9.17, 15) is 0 Å². The molecular formula is C15H26N2S. The molecule has 1 heterocycles. The third-order valence-corrected chi connectivity index (χ3v) is 5.39. The Bertz CT molecular complexity index is 374. The second kappa shape index (κ2) is 6.18. The Kier molecular flexibility index (Phi) is 4.82. The predicted molar refractivity (Wildman–Crippen MR) is 80.0 cm³/mol. The third-order valence-electron chi connectivity index (χ3n) is 4.29. The first-order valence-electron chi connectivity index (χ1n) is 7.10. The molecule has 1 fully saturated rings. The second-order valence-corrected chi connectivity index (χ2v) is 7.11. The summed E-state index contributed by atoms with van der Waals surface area (Å²) in [7, 11) is 2.26. The zero-order chi connectivity index (χ0) is 13.1. The van der Waals surface area contributed by atoms with Gasteiger partial charge < -0.3 is 5.73 Å². The Balaban J connectivity index is 2.07. The Morgan fingerprint density at radius 3 is 2.78 bits per heavy atom. The first-order valence-corrected chi connectivity index (χ1v) is 7.91. The number of nitrogens with two attached hydrogens (primary N) is 1. The van der Waals surface area contributed by atoms with Gasteiger partial charge in [-0.2, -0.15) is 0 Å². The maximum atomic E-state index is 6.02. The van der Waals surface area contributed by atoms with Gasteiger partial charge in [0.2, 0.25) is 0 Å². The van der Waals surface area contributed by atoms with Crippen molar-refractivity contribution in [1.29, 1.82) is 0 Å². The minimum Gasteiger partial charge on any atom is -0.329 e. The van der Waals surface area contributed by atoms with Crippen LogP contribution in [0.5, 0.6) is 0 Å². The van der Waals surface area contributed by atoms with Crippen LogP contribution in [0.3, 0.4) is 0 Å². The first kappa shape index (κ1) is 14.0. The maximum Gasteiger partial charge on any atom is 0.0564 e. The number of nitrogens with zero attached hydrogens (tertiary/aromatic N) is 1. The number of hydrogen-bond donors (Lipinski definition) is 1. The van der Waals surface area contributed by atoms with Gasteiger partial charge in [0, 0.05) is 22.3 Å². The molecule has 0 aromatic carbocycles. The number of rotatable bonds is 4. The van der Waals surface area contributed by atoms with Gasteiger partial charge in [0.25, 0.3) is 0 Å². The number of aryl methyl sites for hydroxylation is 1. The molecule has 3 unspecified atom stereocenters. The molecule has 0 bridgehead atoms. The standard InChI is InChI=1S/C15H26N2S/c1-11-5-4-6-13(9-11)17(3)14(10-16)15-8-7-12(2)18-15/h7-8,11,13-14H,4-6,9-10,16H2,1-3H3. The van der Waals surface area contributed by atoms with Gasteiger partial charge >= 0.3 is 0 Å². The van der Waals surface area contributed by atoms with Crippen LogP contribution in [0.1, 0.15) is 48.4 Å². The highest BCUT2D eigenvalue weighted by Crippen LogP contribution is 2.33. The number of likely N-dealkylation sites (N-methyl/N-ethyl adjacent to an activating group) is 1. The second-order valence-electron chi connectivity index (χ2n) is 5.79. The van der Waals surface area contributed by atoms with Crippen molar-refractivity contribution in [3.63, 3.8) is 0 Å². The zero-order valence-corrected chi connectivity index (χ0v) is 12.7. The SMILES string of the molecule is Cc1ccc(C(CN)N(C)C2CCCC(C)C2)s1. The molecule has 0 saturated heterocycles. The lowest BCUT2D eigenvalue weighted by Crippen LogP contribution is -2.40. The lowest BCUT2D eigenvalue weighted by molar-refractivity contribution is 0.122. The van der Waals surface area contributed by atoms with Crippen LogP contribution >= 0.6 is 11.3 Å². The summed E-state index contributed by atoms with van der Waals surface area (Å²) >= 11 is 1.89. The van der Waals surface area contributed by atoms with Gasteiger partial charge in [0.1, 0.15) is 0 Å². The molecule has 3 heteroatoms. The Hall–Kier alpha value is -0.380. The Labute approximate surface area is 115 Å². The van der Waals surface area contributed by atoms with Crippen molar-refractivity contribution in [3.05, 3.63) is 21.9 Å². The van der Waals surface area contributed by atoms with Gasteiger partial charge in [-0.15, -0.1) is 11.3 Å². The third kappa shape index (κ3) is 3.14. The van der Waals surface area contributed by atoms with Crippen LogP contribution in [0.4, 0.5) is 0 Å². The molecule has 1 aliphatic carbocycles. The van der Waals surface area contributed by atoms with Crippen LogP contribution in [0, 0.1) is 12.8 Å². The van der Waals surface area contributed by atoms with Crippen molar-refractivity contribution in [2.45, 2.75) is 51.6 Å². The monoisotopic (exact) mass is 266 g/mol. The fourth-order valence-corrected chi connectivity index (χ4v) is 4.18. The molecule has 0 spiro atoms. The smallest absolute Gasteiger partial charge is 0.0564 e. The van der Waals surface area contributed by atoms with Crippen LogP contribution < -0.4 is 5.73 Å². The predicted octanol–water partition coefficient (Wildman–Crippen LogP) is 3.57. The van der Waals surface area contributed by atoms with Crippen molar-refractivity contribution in [1.82, 2.24) is 4.90 Å². The summed E-state index contributed by atoms with van der Waals surface area (Å²) in [5.41, 5.74) is 6.02. The summed E-state index contributed by atoms with van der Waals surface area (Å²) in [5, 5.41) is 0. The van der Waals surface area contributed by atoms with Crippen molar-refractivity contribution in [2.75, 3.05) is 13.6 Å². The van der Waals surface area contributed by atoms with Crippen LogP contribution in [-0.2, 0) is 0 Å². The fraction of sp³-hybridized carbons (Fsp3) is 0.733. The molecule has 0 amide bonds. The van der Waals surface area contributed by atoms with Crippen LogP contribution in [0.25, 0.3) is 0 Å². The molecule has 1 aromatic heterocycles. The van der Waals surface area contributed by atoms with Crippen LogP contribution in [0.15, 0.2) is 12.1 Å². The summed E-state index contributed by atoms with van der Waals surface area (Å²) in [4.78, 5) is 5.34.